The van der Waals surface area contributed by atoms with E-state index >= 15 is 0 Å². The Balaban J connectivity index is 2.77. The molecule has 114 valence electrons. The highest BCUT2D eigenvalue weighted by atomic mass is 32.2. The van der Waals surface area contributed by atoms with Crippen LogP contribution in [-0.2, 0) is 10.0 Å². The van der Waals surface area contributed by atoms with E-state index < -0.39 is 10.0 Å². The smallest absolute Gasteiger partial charge is 0.214 e. The number of nitrogens with one attached hydrogen (secondary N) is 1. The zero-order valence-corrected chi connectivity index (χ0v) is 13.9. The summed E-state index contributed by atoms with van der Waals surface area (Å²) < 4.78 is 26.9. The Hall–Kier alpha value is -0.130. The van der Waals surface area contributed by atoms with Gasteiger partial charge in [0.05, 0.1) is 5.75 Å². The van der Waals surface area contributed by atoms with Crippen molar-refractivity contribution >= 4 is 10.0 Å². The first-order valence-corrected chi connectivity index (χ1v) is 9.03. The molecule has 0 aromatic carbocycles. The summed E-state index contributed by atoms with van der Waals surface area (Å²) in [5, 5.41) is 3.44. The summed E-state index contributed by atoms with van der Waals surface area (Å²) in [7, 11) is -3.13. The molecular weight excluding hydrogens is 260 g/mol. The van der Waals surface area contributed by atoms with E-state index in [9.17, 15) is 8.42 Å². The summed E-state index contributed by atoms with van der Waals surface area (Å²) in [6.45, 7) is 11.8. The topological polar surface area (TPSA) is 49.4 Å². The van der Waals surface area contributed by atoms with Crippen LogP contribution < -0.4 is 5.32 Å². The minimum Gasteiger partial charge on any atom is -0.311 e. The number of nitrogens with zero attached hydrogens (tertiary/aromatic N) is 1. The highest BCUT2D eigenvalue weighted by Gasteiger charge is 2.34. The first kappa shape index (κ1) is 16.9. The van der Waals surface area contributed by atoms with Crippen LogP contribution in [-0.4, -0.2) is 43.6 Å². The van der Waals surface area contributed by atoms with E-state index in [4.69, 9.17) is 0 Å². The van der Waals surface area contributed by atoms with Crippen LogP contribution in [0.15, 0.2) is 0 Å². The van der Waals surface area contributed by atoms with Crippen LogP contribution in [0.2, 0.25) is 0 Å². The third kappa shape index (κ3) is 5.04. The fraction of sp³-hybridized carbons (Fsp3) is 1.00. The molecule has 1 N–H and O–H groups in total. The molecule has 1 aliphatic heterocycles. The Bertz CT molecular complexity index is 373. The molecule has 0 aromatic heterocycles. The van der Waals surface area contributed by atoms with Gasteiger partial charge in [0.1, 0.15) is 0 Å². The molecule has 0 aromatic rings. The molecule has 0 saturated carbocycles. The molecule has 1 rings (SSSR count). The Morgan fingerprint density at radius 2 is 1.84 bits per heavy atom. The second-order valence-corrected chi connectivity index (χ2v) is 8.81. The summed E-state index contributed by atoms with van der Waals surface area (Å²) in [6.07, 6.45) is 2.56. The zero-order chi connectivity index (χ0) is 14.7. The number of hydrogen-bond acceptors (Lipinski definition) is 3. The van der Waals surface area contributed by atoms with Gasteiger partial charge in [-0.15, -0.1) is 0 Å². The first-order chi connectivity index (χ1) is 8.69. The molecule has 2 atom stereocenters. The van der Waals surface area contributed by atoms with Crippen molar-refractivity contribution in [2.45, 2.75) is 66.0 Å². The van der Waals surface area contributed by atoms with Crippen LogP contribution in [0.4, 0.5) is 0 Å². The van der Waals surface area contributed by atoms with Gasteiger partial charge >= 0.3 is 0 Å². The fourth-order valence-corrected chi connectivity index (χ4v) is 4.54. The lowest BCUT2D eigenvalue weighted by molar-refractivity contribution is 0.214. The van der Waals surface area contributed by atoms with E-state index in [-0.39, 0.29) is 17.2 Å². The van der Waals surface area contributed by atoms with Crippen molar-refractivity contribution in [3.63, 3.8) is 0 Å². The van der Waals surface area contributed by atoms with Crippen LogP contribution in [0.5, 0.6) is 0 Å². The zero-order valence-electron chi connectivity index (χ0n) is 13.1. The van der Waals surface area contributed by atoms with Gasteiger partial charge in [0, 0.05) is 25.2 Å². The molecule has 0 radical (unpaired) electrons. The van der Waals surface area contributed by atoms with E-state index in [1.165, 1.54) is 0 Å². The van der Waals surface area contributed by atoms with Crippen molar-refractivity contribution < 1.29 is 8.42 Å². The van der Waals surface area contributed by atoms with E-state index in [1.54, 1.807) is 4.31 Å². The van der Waals surface area contributed by atoms with E-state index in [0.29, 0.717) is 19.0 Å². The van der Waals surface area contributed by atoms with Crippen LogP contribution in [0.25, 0.3) is 0 Å². The molecule has 2 unspecified atom stereocenters. The average Bonchev–Trinajstić information content (AvgIpc) is 2.35. The van der Waals surface area contributed by atoms with E-state index in [1.807, 2.05) is 0 Å². The molecule has 1 aliphatic rings. The van der Waals surface area contributed by atoms with Crippen molar-refractivity contribution in [3.05, 3.63) is 0 Å². The van der Waals surface area contributed by atoms with Crippen LogP contribution in [0, 0.1) is 5.41 Å². The molecule has 1 heterocycles. The van der Waals surface area contributed by atoms with Gasteiger partial charge in [-0.25, -0.2) is 8.42 Å². The molecule has 0 aliphatic carbocycles. The van der Waals surface area contributed by atoms with Gasteiger partial charge < -0.3 is 5.32 Å². The number of rotatable bonds is 5. The Kier molecular flexibility index (Phi) is 5.83. The Labute approximate surface area is 119 Å². The van der Waals surface area contributed by atoms with Crippen LogP contribution in [0.3, 0.4) is 0 Å². The van der Waals surface area contributed by atoms with Crippen molar-refractivity contribution in [2.24, 2.45) is 5.41 Å². The van der Waals surface area contributed by atoms with Gasteiger partial charge in [-0.05, 0) is 24.7 Å². The van der Waals surface area contributed by atoms with Crippen molar-refractivity contribution in [2.75, 3.05) is 18.8 Å². The van der Waals surface area contributed by atoms with E-state index in [2.05, 4.69) is 39.9 Å². The average molecular weight is 290 g/mol. The predicted octanol–water partition coefficient (Wildman–Crippen LogP) is 2.21. The molecular formula is C14H30N2O2S. The molecule has 0 amide bonds. The lowest BCUT2D eigenvalue weighted by Crippen LogP contribution is -2.58. The highest BCUT2D eigenvalue weighted by Crippen LogP contribution is 2.23. The molecule has 1 fully saturated rings. The lowest BCUT2D eigenvalue weighted by Gasteiger charge is -2.39. The Morgan fingerprint density at radius 1 is 1.21 bits per heavy atom. The van der Waals surface area contributed by atoms with Crippen LogP contribution >= 0.6 is 0 Å². The molecule has 0 bridgehead atoms. The first-order valence-electron chi connectivity index (χ1n) is 7.42. The summed E-state index contributed by atoms with van der Waals surface area (Å²) in [4.78, 5) is 0. The number of sulfonamides is 1. The van der Waals surface area contributed by atoms with Crippen LogP contribution in [0.1, 0.15) is 53.9 Å². The standard InChI is InChI=1S/C14H30N2O2S/c1-6-12-11-16(13(7-2)10-15-12)19(17,18)9-8-14(3,4)5/h12-13,15H,6-11H2,1-5H3. The maximum absolute atomic E-state index is 12.6. The molecule has 4 nitrogen and oxygen atoms in total. The highest BCUT2D eigenvalue weighted by molar-refractivity contribution is 7.89. The minimum atomic E-state index is -3.13. The Morgan fingerprint density at radius 3 is 2.32 bits per heavy atom. The summed E-state index contributed by atoms with van der Waals surface area (Å²) >= 11 is 0. The maximum atomic E-state index is 12.6. The summed E-state index contributed by atoms with van der Waals surface area (Å²) in [5.74, 6) is 0.267. The second kappa shape index (κ2) is 6.55. The van der Waals surface area contributed by atoms with Gasteiger partial charge in [0.15, 0.2) is 0 Å². The van der Waals surface area contributed by atoms with Gasteiger partial charge in [-0.3, -0.25) is 0 Å². The maximum Gasteiger partial charge on any atom is 0.214 e. The number of hydrogen-bond donors (Lipinski definition) is 1. The van der Waals surface area contributed by atoms with Gasteiger partial charge in [-0.2, -0.15) is 4.31 Å². The lowest BCUT2D eigenvalue weighted by atomic mass is 9.94. The molecule has 1 saturated heterocycles. The SMILES string of the molecule is CCC1CN(S(=O)(=O)CCC(C)(C)C)C(CC)CN1. The number of piperazine rings is 1. The van der Waals surface area contributed by atoms with Crippen molar-refractivity contribution in [1.29, 1.82) is 0 Å². The largest absolute Gasteiger partial charge is 0.311 e. The minimum absolute atomic E-state index is 0.0625. The molecule has 0 spiro atoms. The van der Waals surface area contributed by atoms with Gasteiger partial charge in [0.2, 0.25) is 10.0 Å². The summed E-state index contributed by atoms with van der Waals surface area (Å²) in [6, 6.07) is 0.417. The third-order valence-corrected chi connectivity index (χ3v) is 5.76. The third-order valence-electron chi connectivity index (χ3n) is 3.88. The summed E-state index contributed by atoms with van der Waals surface area (Å²) in [5.41, 5.74) is 0.0625. The van der Waals surface area contributed by atoms with Crippen molar-refractivity contribution in [1.82, 2.24) is 9.62 Å². The molecule has 19 heavy (non-hydrogen) atoms. The molecule has 5 heteroatoms. The normalized spacial score (nSPS) is 26.6. The quantitative estimate of drug-likeness (QED) is 0.844. The van der Waals surface area contributed by atoms with Gasteiger partial charge in [0.25, 0.3) is 0 Å². The van der Waals surface area contributed by atoms with E-state index in [0.717, 1.165) is 19.4 Å². The van der Waals surface area contributed by atoms with Gasteiger partial charge in [-0.1, -0.05) is 34.6 Å². The predicted molar refractivity (Wildman–Crippen MR) is 80.7 cm³/mol. The monoisotopic (exact) mass is 290 g/mol. The van der Waals surface area contributed by atoms with Crippen molar-refractivity contribution in [3.8, 4) is 0 Å². The second-order valence-electron chi connectivity index (χ2n) is 6.77. The fourth-order valence-electron chi connectivity index (χ4n) is 2.35.